The van der Waals surface area contributed by atoms with Crippen LogP contribution in [0.3, 0.4) is 0 Å². The van der Waals surface area contributed by atoms with Crippen molar-refractivity contribution >= 4 is 28.7 Å². The first kappa shape index (κ1) is 15.4. The van der Waals surface area contributed by atoms with Gasteiger partial charge in [0.05, 0.1) is 16.8 Å². The summed E-state index contributed by atoms with van der Waals surface area (Å²) in [5.74, 6) is 1.16. The summed E-state index contributed by atoms with van der Waals surface area (Å²) in [6.45, 7) is 2.14. The molecule has 1 aliphatic carbocycles. The van der Waals surface area contributed by atoms with Crippen LogP contribution in [0.1, 0.15) is 39.0 Å². The van der Waals surface area contributed by atoms with Crippen molar-refractivity contribution in [2.45, 2.75) is 50.2 Å². The molecule has 1 heterocycles. The maximum absolute atomic E-state index is 12.1. The van der Waals surface area contributed by atoms with Crippen molar-refractivity contribution in [2.75, 3.05) is 5.75 Å². The molecule has 2 aromatic rings. The van der Waals surface area contributed by atoms with Crippen LogP contribution in [0.2, 0.25) is 0 Å². The Hall–Kier alpha value is -1.49. The van der Waals surface area contributed by atoms with Crippen molar-refractivity contribution in [3.05, 3.63) is 24.3 Å². The second-order valence-electron chi connectivity index (χ2n) is 6.10. The Morgan fingerprint density at radius 1 is 1.36 bits per heavy atom. The number of imidazole rings is 1. The molecule has 22 heavy (non-hydrogen) atoms. The normalized spacial score (nSPS) is 17.5. The molecular weight excluding hydrogens is 294 g/mol. The number of benzene rings is 1. The maximum atomic E-state index is 12.1. The predicted molar refractivity (Wildman–Crippen MR) is 91.0 cm³/mol. The molecule has 3 rings (SSSR count). The molecule has 0 spiro atoms. The van der Waals surface area contributed by atoms with Gasteiger partial charge in [0.1, 0.15) is 0 Å². The van der Waals surface area contributed by atoms with Crippen LogP contribution >= 0.6 is 11.8 Å². The van der Waals surface area contributed by atoms with E-state index in [1.807, 2.05) is 24.3 Å². The fourth-order valence-electron chi connectivity index (χ4n) is 3.18. The molecule has 0 saturated heterocycles. The van der Waals surface area contributed by atoms with Gasteiger partial charge >= 0.3 is 0 Å². The summed E-state index contributed by atoms with van der Waals surface area (Å²) in [5, 5.41) is 3.96. The number of hydrogen-bond donors (Lipinski definition) is 2. The fourth-order valence-corrected chi connectivity index (χ4v) is 3.88. The van der Waals surface area contributed by atoms with E-state index in [2.05, 4.69) is 22.2 Å². The van der Waals surface area contributed by atoms with Crippen molar-refractivity contribution in [1.29, 1.82) is 0 Å². The lowest BCUT2D eigenvalue weighted by molar-refractivity contribution is -0.119. The van der Waals surface area contributed by atoms with E-state index in [9.17, 15) is 4.79 Å². The number of nitrogens with one attached hydrogen (secondary N) is 2. The number of fused-ring (bicyclic) bond motifs is 1. The molecule has 1 saturated carbocycles. The van der Waals surface area contributed by atoms with E-state index >= 15 is 0 Å². The molecule has 0 unspecified atom stereocenters. The van der Waals surface area contributed by atoms with Gasteiger partial charge in [0.15, 0.2) is 5.16 Å². The number of rotatable bonds is 5. The minimum Gasteiger partial charge on any atom is -0.353 e. The van der Waals surface area contributed by atoms with Crippen molar-refractivity contribution in [2.24, 2.45) is 5.92 Å². The zero-order valence-electron chi connectivity index (χ0n) is 13.0. The Kier molecular flexibility index (Phi) is 5.03. The summed E-state index contributed by atoms with van der Waals surface area (Å²) in [6, 6.07) is 8.20. The largest absolute Gasteiger partial charge is 0.353 e. The summed E-state index contributed by atoms with van der Waals surface area (Å²) in [4.78, 5) is 19.8. The van der Waals surface area contributed by atoms with Crippen molar-refractivity contribution < 1.29 is 4.79 Å². The van der Waals surface area contributed by atoms with Gasteiger partial charge in [0.2, 0.25) is 5.91 Å². The van der Waals surface area contributed by atoms with Crippen LogP contribution in [0.5, 0.6) is 0 Å². The first-order valence-electron chi connectivity index (χ1n) is 8.09. The smallest absolute Gasteiger partial charge is 0.230 e. The van der Waals surface area contributed by atoms with Gasteiger partial charge in [-0.3, -0.25) is 4.79 Å². The number of para-hydroxylation sites is 2. The van der Waals surface area contributed by atoms with Crippen molar-refractivity contribution in [1.82, 2.24) is 15.3 Å². The minimum atomic E-state index is 0.100. The number of carbonyl (C=O) groups is 1. The lowest BCUT2D eigenvalue weighted by Crippen LogP contribution is -2.39. The summed E-state index contributed by atoms with van der Waals surface area (Å²) in [5.41, 5.74) is 1.96. The second kappa shape index (κ2) is 7.18. The Balaban J connectivity index is 1.49. The third kappa shape index (κ3) is 3.83. The predicted octanol–water partition coefficient (Wildman–Crippen LogP) is 3.74. The molecule has 1 fully saturated rings. The molecule has 1 aromatic carbocycles. The molecule has 1 aromatic heterocycles. The van der Waals surface area contributed by atoms with Gasteiger partial charge in [-0.15, -0.1) is 0 Å². The van der Waals surface area contributed by atoms with E-state index in [1.54, 1.807) is 0 Å². The van der Waals surface area contributed by atoms with Gasteiger partial charge in [-0.2, -0.15) is 0 Å². The number of H-pyrrole nitrogens is 1. The molecule has 5 heteroatoms. The maximum Gasteiger partial charge on any atom is 0.230 e. The lowest BCUT2D eigenvalue weighted by Gasteiger charge is -2.28. The highest BCUT2D eigenvalue weighted by molar-refractivity contribution is 7.99. The number of aromatic amines is 1. The van der Waals surface area contributed by atoms with Crippen LogP contribution in [0.4, 0.5) is 0 Å². The van der Waals surface area contributed by atoms with Gasteiger partial charge in [0, 0.05) is 6.04 Å². The molecule has 0 radical (unpaired) electrons. The first-order chi connectivity index (χ1) is 10.7. The standard InChI is InChI=1S/C17H23N3OS/c1-12(13-7-3-2-4-8-13)18-16(21)11-22-17-19-14-9-5-6-10-15(14)20-17/h5-6,9-10,12-13H,2-4,7-8,11H2,1H3,(H,18,21)(H,19,20)/t12-/m0/s1. The second-order valence-corrected chi connectivity index (χ2v) is 7.07. The quantitative estimate of drug-likeness (QED) is 0.826. The molecule has 1 amide bonds. The summed E-state index contributed by atoms with van der Waals surface area (Å²) < 4.78 is 0. The zero-order chi connectivity index (χ0) is 15.4. The van der Waals surface area contributed by atoms with E-state index in [-0.39, 0.29) is 11.9 Å². The van der Waals surface area contributed by atoms with Crippen LogP contribution in [0.25, 0.3) is 11.0 Å². The van der Waals surface area contributed by atoms with Gasteiger partial charge in [-0.1, -0.05) is 43.2 Å². The average Bonchev–Trinajstić information content (AvgIpc) is 2.96. The summed E-state index contributed by atoms with van der Waals surface area (Å²) in [6.07, 6.45) is 6.45. The molecular formula is C17H23N3OS. The zero-order valence-corrected chi connectivity index (χ0v) is 13.8. The Morgan fingerprint density at radius 2 is 2.14 bits per heavy atom. The third-order valence-corrected chi connectivity index (χ3v) is 5.33. The van der Waals surface area contributed by atoms with Crippen LogP contribution in [-0.4, -0.2) is 27.7 Å². The molecule has 118 valence electrons. The topological polar surface area (TPSA) is 57.8 Å². The molecule has 0 aliphatic heterocycles. The van der Waals surface area contributed by atoms with Crippen LogP contribution in [0.15, 0.2) is 29.4 Å². The molecule has 1 aliphatic rings. The van der Waals surface area contributed by atoms with E-state index in [1.165, 1.54) is 43.9 Å². The Bertz CT molecular complexity index is 601. The van der Waals surface area contributed by atoms with Gasteiger partial charge in [0.25, 0.3) is 0 Å². The fraction of sp³-hybridized carbons (Fsp3) is 0.529. The monoisotopic (exact) mass is 317 g/mol. The summed E-state index contributed by atoms with van der Waals surface area (Å²) in [7, 11) is 0. The average molecular weight is 317 g/mol. The number of aromatic nitrogens is 2. The highest BCUT2D eigenvalue weighted by atomic mass is 32.2. The SMILES string of the molecule is C[C@H](NC(=O)CSc1nc2ccccc2[nH]1)C1CCCCC1. The first-order valence-corrected chi connectivity index (χ1v) is 9.08. The highest BCUT2D eigenvalue weighted by Crippen LogP contribution is 2.26. The molecule has 2 N–H and O–H groups in total. The van der Waals surface area contributed by atoms with Gasteiger partial charge in [-0.25, -0.2) is 4.98 Å². The molecule has 1 atom stereocenters. The van der Waals surface area contributed by atoms with E-state index in [0.717, 1.165) is 16.2 Å². The number of hydrogen-bond acceptors (Lipinski definition) is 3. The number of nitrogens with zero attached hydrogens (tertiary/aromatic N) is 1. The lowest BCUT2D eigenvalue weighted by atomic mass is 9.84. The van der Waals surface area contributed by atoms with E-state index in [4.69, 9.17) is 0 Å². The minimum absolute atomic E-state index is 0.100. The van der Waals surface area contributed by atoms with Crippen LogP contribution in [0, 0.1) is 5.92 Å². The highest BCUT2D eigenvalue weighted by Gasteiger charge is 2.21. The van der Waals surface area contributed by atoms with E-state index in [0.29, 0.717) is 11.7 Å². The number of amides is 1. The molecule has 0 bridgehead atoms. The van der Waals surface area contributed by atoms with Gasteiger partial charge < -0.3 is 10.3 Å². The van der Waals surface area contributed by atoms with Gasteiger partial charge in [-0.05, 0) is 37.8 Å². The van der Waals surface area contributed by atoms with Crippen molar-refractivity contribution in [3.63, 3.8) is 0 Å². The summed E-state index contributed by atoms with van der Waals surface area (Å²) >= 11 is 1.46. The van der Waals surface area contributed by atoms with Crippen LogP contribution < -0.4 is 5.32 Å². The van der Waals surface area contributed by atoms with Crippen molar-refractivity contribution in [3.8, 4) is 0 Å². The Labute approximate surface area is 135 Å². The van der Waals surface area contributed by atoms with E-state index < -0.39 is 0 Å². The molecule has 4 nitrogen and oxygen atoms in total. The third-order valence-electron chi connectivity index (χ3n) is 4.45. The number of carbonyl (C=O) groups excluding carboxylic acids is 1. The Morgan fingerprint density at radius 3 is 2.91 bits per heavy atom. The van der Waals surface area contributed by atoms with Crippen LogP contribution in [-0.2, 0) is 4.79 Å². The number of thioether (sulfide) groups is 1.